The largest absolute Gasteiger partial charge is 0.481 e. The lowest BCUT2D eigenvalue weighted by molar-refractivity contribution is -0.138. The van der Waals surface area contributed by atoms with Gasteiger partial charge in [-0.1, -0.05) is 6.07 Å². The Bertz CT molecular complexity index is 348. The number of rotatable bonds is 3. The zero-order valence-corrected chi connectivity index (χ0v) is 8.32. The zero-order chi connectivity index (χ0) is 10.8. The van der Waals surface area contributed by atoms with E-state index in [1.54, 1.807) is 19.2 Å². The number of carboxylic acids is 1. The van der Waals surface area contributed by atoms with Gasteiger partial charge >= 0.3 is 5.97 Å². The van der Waals surface area contributed by atoms with Crippen molar-refractivity contribution < 1.29 is 9.90 Å². The van der Waals surface area contributed by atoms with Gasteiger partial charge in [0.15, 0.2) is 0 Å². The van der Waals surface area contributed by atoms with Crippen LogP contribution in [-0.4, -0.2) is 16.1 Å². The molecule has 3 N–H and O–H groups in total. The summed E-state index contributed by atoms with van der Waals surface area (Å²) in [7, 11) is 0. The van der Waals surface area contributed by atoms with Crippen molar-refractivity contribution in [2.24, 2.45) is 5.73 Å². The highest BCUT2D eigenvalue weighted by Gasteiger charge is 2.26. The predicted octanol–water partition coefficient (Wildman–Crippen LogP) is 1.04. The standard InChI is InChI=1S/C10H14N2O2/c1-7-8(4-3-5-12-7)10(2,11)6-9(13)14/h3-5H,6,11H2,1-2H3,(H,13,14)/t10-/m0/s1. The highest BCUT2D eigenvalue weighted by molar-refractivity contribution is 5.68. The lowest BCUT2D eigenvalue weighted by Crippen LogP contribution is -2.36. The van der Waals surface area contributed by atoms with Crippen LogP contribution < -0.4 is 5.73 Å². The van der Waals surface area contributed by atoms with Gasteiger partial charge in [-0.15, -0.1) is 0 Å². The van der Waals surface area contributed by atoms with E-state index in [4.69, 9.17) is 10.8 Å². The van der Waals surface area contributed by atoms with Crippen molar-refractivity contribution in [3.8, 4) is 0 Å². The van der Waals surface area contributed by atoms with Gasteiger partial charge < -0.3 is 10.8 Å². The quantitative estimate of drug-likeness (QED) is 0.753. The molecule has 0 aliphatic rings. The lowest BCUT2D eigenvalue weighted by Gasteiger charge is -2.24. The SMILES string of the molecule is Cc1ncccc1[C@@](C)(N)CC(=O)O. The molecule has 1 aromatic rings. The van der Waals surface area contributed by atoms with E-state index < -0.39 is 11.5 Å². The van der Waals surface area contributed by atoms with Crippen molar-refractivity contribution in [1.82, 2.24) is 4.98 Å². The average Bonchev–Trinajstić information content (AvgIpc) is 2.02. The molecule has 14 heavy (non-hydrogen) atoms. The molecule has 0 bridgehead atoms. The van der Waals surface area contributed by atoms with Crippen molar-refractivity contribution in [2.45, 2.75) is 25.8 Å². The summed E-state index contributed by atoms with van der Waals surface area (Å²) in [6, 6.07) is 3.57. The van der Waals surface area contributed by atoms with Crippen LogP contribution in [0.1, 0.15) is 24.6 Å². The predicted molar refractivity (Wildman–Crippen MR) is 52.8 cm³/mol. The third kappa shape index (κ3) is 2.29. The molecule has 0 amide bonds. The molecule has 0 aromatic carbocycles. The molecule has 4 heteroatoms. The molecule has 0 saturated heterocycles. The summed E-state index contributed by atoms with van der Waals surface area (Å²) in [5.74, 6) is -0.904. The molecular weight excluding hydrogens is 180 g/mol. The number of carboxylic acid groups (broad SMARTS) is 1. The number of nitrogens with zero attached hydrogens (tertiary/aromatic N) is 1. The Morgan fingerprint density at radius 2 is 2.36 bits per heavy atom. The van der Waals surface area contributed by atoms with Gasteiger partial charge in [-0.25, -0.2) is 0 Å². The van der Waals surface area contributed by atoms with Crippen molar-refractivity contribution in [3.05, 3.63) is 29.6 Å². The van der Waals surface area contributed by atoms with Crippen molar-refractivity contribution in [3.63, 3.8) is 0 Å². The molecule has 0 spiro atoms. The normalized spacial score (nSPS) is 14.8. The zero-order valence-electron chi connectivity index (χ0n) is 8.32. The molecular formula is C10H14N2O2. The van der Waals surface area contributed by atoms with Crippen LogP contribution in [0.15, 0.2) is 18.3 Å². The molecule has 1 atom stereocenters. The van der Waals surface area contributed by atoms with E-state index in [1.807, 2.05) is 13.0 Å². The second-order valence-electron chi connectivity index (χ2n) is 3.62. The maximum absolute atomic E-state index is 10.6. The van der Waals surface area contributed by atoms with E-state index in [-0.39, 0.29) is 6.42 Å². The van der Waals surface area contributed by atoms with Crippen LogP contribution in [0.3, 0.4) is 0 Å². The number of hydrogen-bond acceptors (Lipinski definition) is 3. The van der Waals surface area contributed by atoms with Gasteiger partial charge in [0.1, 0.15) is 0 Å². The first kappa shape index (κ1) is 10.7. The summed E-state index contributed by atoms with van der Waals surface area (Å²) in [4.78, 5) is 14.7. The van der Waals surface area contributed by atoms with E-state index in [0.29, 0.717) is 0 Å². The molecule has 0 radical (unpaired) electrons. The summed E-state index contributed by atoms with van der Waals surface area (Å²) in [5, 5.41) is 8.70. The smallest absolute Gasteiger partial charge is 0.305 e. The summed E-state index contributed by atoms with van der Waals surface area (Å²) in [6.07, 6.45) is 1.56. The first-order valence-electron chi connectivity index (χ1n) is 4.36. The van der Waals surface area contributed by atoms with E-state index >= 15 is 0 Å². The monoisotopic (exact) mass is 194 g/mol. The fraction of sp³-hybridized carbons (Fsp3) is 0.400. The van der Waals surface area contributed by atoms with Gasteiger partial charge in [-0.2, -0.15) is 0 Å². The number of carbonyl (C=O) groups is 1. The Labute approximate surface area is 82.8 Å². The maximum Gasteiger partial charge on any atom is 0.305 e. The van der Waals surface area contributed by atoms with Crippen molar-refractivity contribution >= 4 is 5.97 Å². The number of nitrogens with two attached hydrogens (primary N) is 1. The van der Waals surface area contributed by atoms with Crippen LogP contribution in [-0.2, 0) is 10.3 Å². The van der Waals surface area contributed by atoms with Crippen molar-refractivity contribution in [1.29, 1.82) is 0 Å². The molecule has 0 fully saturated rings. The average molecular weight is 194 g/mol. The molecule has 76 valence electrons. The molecule has 0 aliphatic heterocycles. The lowest BCUT2D eigenvalue weighted by atomic mass is 9.89. The van der Waals surface area contributed by atoms with Crippen LogP contribution >= 0.6 is 0 Å². The highest BCUT2D eigenvalue weighted by atomic mass is 16.4. The Morgan fingerprint density at radius 3 is 2.86 bits per heavy atom. The minimum Gasteiger partial charge on any atom is -0.481 e. The van der Waals surface area contributed by atoms with E-state index in [9.17, 15) is 4.79 Å². The molecule has 0 aliphatic carbocycles. The minimum absolute atomic E-state index is 0.0977. The second-order valence-corrected chi connectivity index (χ2v) is 3.62. The van der Waals surface area contributed by atoms with Gasteiger partial charge in [0.05, 0.1) is 12.0 Å². The first-order valence-corrected chi connectivity index (χ1v) is 4.36. The van der Waals surface area contributed by atoms with Gasteiger partial charge in [-0.3, -0.25) is 9.78 Å². The van der Waals surface area contributed by atoms with Crippen LogP contribution in [0.4, 0.5) is 0 Å². The Balaban J connectivity index is 3.03. The van der Waals surface area contributed by atoms with Gasteiger partial charge in [0.25, 0.3) is 0 Å². The molecule has 1 rings (SSSR count). The first-order chi connectivity index (χ1) is 6.43. The van der Waals surface area contributed by atoms with Gasteiger partial charge in [0, 0.05) is 11.9 Å². The van der Waals surface area contributed by atoms with Crippen LogP contribution in [0.2, 0.25) is 0 Å². The van der Waals surface area contributed by atoms with Crippen molar-refractivity contribution in [2.75, 3.05) is 0 Å². The van der Waals surface area contributed by atoms with E-state index in [1.165, 1.54) is 0 Å². The topological polar surface area (TPSA) is 76.2 Å². The summed E-state index contributed by atoms with van der Waals surface area (Å²) in [6.45, 7) is 3.52. The number of aryl methyl sites for hydroxylation is 1. The summed E-state index contributed by atoms with van der Waals surface area (Å²) < 4.78 is 0. The third-order valence-corrected chi connectivity index (χ3v) is 2.14. The fourth-order valence-electron chi connectivity index (χ4n) is 1.50. The van der Waals surface area contributed by atoms with Crippen LogP contribution in [0.5, 0.6) is 0 Å². The third-order valence-electron chi connectivity index (χ3n) is 2.14. The summed E-state index contributed by atoms with van der Waals surface area (Å²) in [5.41, 5.74) is 6.62. The van der Waals surface area contributed by atoms with E-state index in [2.05, 4.69) is 4.98 Å². The number of aromatic nitrogens is 1. The van der Waals surface area contributed by atoms with E-state index in [0.717, 1.165) is 11.3 Å². The highest BCUT2D eigenvalue weighted by Crippen LogP contribution is 2.23. The van der Waals surface area contributed by atoms with Crippen LogP contribution in [0.25, 0.3) is 0 Å². The number of pyridine rings is 1. The molecule has 4 nitrogen and oxygen atoms in total. The maximum atomic E-state index is 10.6. The second kappa shape index (κ2) is 3.75. The molecule has 1 heterocycles. The number of hydrogen-bond donors (Lipinski definition) is 2. The fourth-order valence-corrected chi connectivity index (χ4v) is 1.50. The Morgan fingerprint density at radius 1 is 1.71 bits per heavy atom. The Hall–Kier alpha value is -1.42. The molecule has 0 unspecified atom stereocenters. The Kier molecular flexibility index (Phi) is 2.86. The van der Waals surface area contributed by atoms with Crippen LogP contribution in [0, 0.1) is 6.92 Å². The minimum atomic E-state index is -0.904. The van der Waals surface area contributed by atoms with Gasteiger partial charge in [-0.05, 0) is 25.5 Å². The number of aliphatic carboxylic acids is 1. The van der Waals surface area contributed by atoms with Gasteiger partial charge in [0.2, 0.25) is 0 Å². The summed E-state index contributed by atoms with van der Waals surface area (Å²) >= 11 is 0. The molecule has 1 aromatic heterocycles. The molecule has 0 saturated carbocycles.